The Morgan fingerprint density at radius 2 is 2.04 bits per heavy atom. The molecule has 0 radical (unpaired) electrons. The van der Waals surface area contributed by atoms with E-state index in [4.69, 9.17) is 16.3 Å². The molecule has 3 amide bonds. The van der Waals surface area contributed by atoms with E-state index in [0.29, 0.717) is 12.1 Å². The van der Waals surface area contributed by atoms with Crippen LogP contribution in [0.4, 0.5) is 4.79 Å². The third-order valence-electron chi connectivity index (χ3n) is 4.49. The Bertz CT molecular complexity index is 917. The number of hydrogen-bond donors (Lipinski definition) is 4. The van der Waals surface area contributed by atoms with Crippen molar-refractivity contribution in [3.8, 4) is 11.5 Å². The molecule has 0 saturated carbocycles. The topological polar surface area (TPSA) is 99.7 Å². The summed E-state index contributed by atoms with van der Waals surface area (Å²) >= 11 is 6.28. The molecule has 0 aromatic heterocycles. The van der Waals surface area contributed by atoms with Crippen molar-refractivity contribution < 1.29 is 19.4 Å². The summed E-state index contributed by atoms with van der Waals surface area (Å²) in [6.07, 6.45) is 0. The monoisotopic (exact) mass is 401 g/mol. The number of hydrogen-bond acceptors (Lipinski definition) is 4. The van der Waals surface area contributed by atoms with Gasteiger partial charge in [0.25, 0.3) is 0 Å². The van der Waals surface area contributed by atoms with Crippen LogP contribution < -0.4 is 20.7 Å². The molecule has 28 heavy (non-hydrogen) atoms. The van der Waals surface area contributed by atoms with E-state index in [1.165, 1.54) is 19.2 Å². The summed E-state index contributed by atoms with van der Waals surface area (Å²) in [5.74, 6) is -1.09. The molecule has 8 heteroatoms. The number of methoxy groups -OCH3 is 1. The van der Waals surface area contributed by atoms with Gasteiger partial charge in [-0.1, -0.05) is 48.5 Å². The Labute approximate surface area is 167 Å². The van der Waals surface area contributed by atoms with Gasteiger partial charge in [0.2, 0.25) is 5.91 Å². The van der Waals surface area contributed by atoms with E-state index in [0.717, 1.165) is 5.56 Å². The van der Waals surface area contributed by atoms with Crippen LogP contribution in [0.15, 0.2) is 54.7 Å². The lowest BCUT2D eigenvalue weighted by molar-refractivity contribution is -0.125. The Balaban J connectivity index is 1.90. The summed E-state index contributed by atoms with van der Waals surface area (Å²) in [4.78, 5) is 24.9. The molecule has 1 saturated heterocycles. The Morgan fingerprint density at radius 3 is 2.71 bits per heavy atom. The molecule has 1 heterocycles. The maximum Gasteiger partial charge on any atom is 0.319 e. The van der Waals surface area contributed by atoms with Gasteiger partial charge < -0.3 is 25.8 Å². The van der Waals surface area contributed by atoms with Crippen LogP contribution in [0.25, 0.3) is 0 Å². The summed E-state index contributed by atoms with van der Waals surface area (Å²) in [5, 5.41) is 18.2. The lowest BCUT2D eigenvalue weighted by Gasteiger charge is -2.34. The van der Waals surface area contributed by atoms with Crippen molar-refractivity contribution >= 4 is 23.5 Å². The number of phenols is 1. The van der Waals surface area contributed by atoms with Gasteiger partial charge in [0.1, 0.15) is 5.92 Å². The zero-order valence-electron chi connectivity index (χ0n) is 15.2. The lowest BCUT2D eigenvalue weighted by atomic mass is 9.88. The van der Waals surface area contributed by atoms with E-state index < -0.39 is 18.0 Å². The van der Waals surface area contributed by atoms with Gasteiger partial charge in [0, 0.05) is 23.3 Å². The number of rotatable bonds is 5. The van der Waals surface area contributed by atoms with E-state index in [1.54, 1.807) is 0 Å². The van der Waals surface area contributed by atoms with Crippen molar-refractivity contribution in [3.05, 3.63) is 70.9 Å². The number of amides is 3. The minimum absolute atomic E-state index is 0.139. The summed E-state index contributed by atoms with van der Waals surface area (Å²) in [5.41, 5.74) is 1.63. The zero-order chi connectivity index (χ0) is 20.3. The van der Waals surface area contributed by atoms with Gasteiger partial charge in [-0.15, -0.1) is 0 Å². The predicted octanol–water partition coefficient (Wildman–Crippen LogP) is 2.85. The Kier molecular flexibility index (Phi) is 5.75. The second-order valence-electron chi connectivity index (χ2n) is 6.33. The maximum absolute atomic E-state index is 12.9. The number of carbonyl (C=O) groups is 2. The molecule has 1 fully saturated rings. The van der Waals surface area contributed by atoms with Crippen molar-refractivity contribution in [2.75, 3.05) is 7.11 Å². The molecule has 3 rings (SSSR count). The normalized spacial score (nSPS) is 18.8. The fraction of sp³-hybridized carbons (Fsp3) is 0.200. The van der Waals surface area contributed by atoms with Crippen molar-refractivity contribution in [2.45, 2.75) is 12.6 Å². The van der Waals surface area contributed by atoms with E-state index in [2.05, 4.69) is 22.5 Å². The smallest absolute Gasteiger partial charge is 0.319 e. The van der Waals surface area contributed by atoms with Crippen molar-refractivity contribution in [1.29, 1.82) is 0 Å². The van der Waals surface area contributed by atoms with E-state index in [-0.39, 0.29) is 28.1 Å². The number of benzene rings is 2. The molecule has 1 aliphatic heterocycles. The molecule has 0 bridgehead atoms. The van der Waals surface area contributed by atoms with Crippen molar-refractivity contribution in [2.24, 2.45) is 5.92 Å². The molecular formula is C20H20ClN3O4. The van der Waals surface area contributed by atoms with Gasteiger partial charge in [-0.05, 0) is 17.2 Å². The largest absolute Gasteiger partial charge is 0.504 e. The highest BCUT2D eigenvalue weighted by Gasteiger charge is 2.39. The van der Waals surface area contributed by atoms with Crippen LogP contribution in [0.1, 0.15) is 17.2 Å². The fourth-order valence-corrected chi connectivity index (χ4v) is 3.38. The molecule has 2 unspecified atom stereocenters. The standard InChI is InChI=1S/C20H20ClN3O4/c1-11-17(19(26)22-10-12-6-4-3-5-7-12)18(24-20(27)23-11)13-8-16(28-2)15(25)9-14(13)21/h3-9,17-18,25H,1,10H2,2H3,(H,22,26)(H2,23,24,27). The number of nitrogens with one attached hydrogen (secondary N) is 3. The summed E-state index contributed by atoms with van der Waals surface area (Å²) < 4.78 is 5.13. The fourth-order valence-electron chi connectivity index (χ4n) is 3.11. The van der Waals surface area contributed by atoms with Gasteiger partial charge in [0.15, 0.2) is 11.5 Å². The summed E-state index contributed by atoms with van der Waals surface area (Å²) in [6.45, 7) is 4.16. The molecule has 146 valence electrons. The highest BCUT2D eigenvalue weighted by Crippen LogP contribution is 2.39. The first-order valence-corrected chi connectivity index (χ1v) is 8.93. The van der Waals surface area contributed by atoms with E-state index in [9.17, 15) is 14.7 Å². The van der Waals surface area contributed by atoms with Gasteiger partial charge in [0.05, 0.1) is 13.2 Å². The number of carbonyl (C=O) groups excluding carboxylic acids is 2. The van der Waals surface area contributed by atoms with E-state index >= 15 is 0 Å². The van der Waals surface area contributed by atoms with Gasteiger partial charge in [-0.25, -0.2) is 4.79 Å². The number of phenolic OH excluding ortho intramolecular Hbond substituents is 1. The van der Waals surface area contributed by atoms with Crippen molar-refractivity contribution in [3.63, 3.8) is 0 Å². The quantitative estimate of drug-likeness (QED) is 0.619. The highest BCUT2D eigenvalue weighted by atomic mass is 35.5. The molecule has 1 aliphatic rings. The Morgan fingerprint density at radius 1 is 1.32 bits per heavy atom. The van der Waals surface area contributed by atoms with Crippen LogP contribution in [0, 0.1) is 5.92 Å². The minimum atomic E-state index is -0.812. The zero-order valence-corrected chi connectivity index (χ0v) is 15.9. The molecule has 0 aliphatic carbocycles. The third-order valence-corrected chi connectivity index (χ3v) is 4.82. The van der Waals surface area contributed by atoms with Crippen LogP contribution >= 0.6 is 11.6 Å². The van der Waals surface area contributed by atoms with Crippen LogP contribution in [0.5, 0.6) is 11.5 Å². The predicted molar refractivity (Wildman–Crippen MR) is 105 cm³/mol. The van der Waals surface area contributed by atoms with Crippen molar-refractivity contribution in [1.82, 2.24) is 16.0 Å². The minimum Gasteiger partial charge on any atom is -0.504 e. The van der Waals surface area contributed by atoms with Crippen LogP contribution in [0.2, 0.25) is 5.02 Å². The maximum atomic E-state index is 12.9. The summed E-state index contributed by atoms with van der Waals surface area (Å²) in [6, 6.07) is 11.0. The molecule has 2 aromatic rings. The van der Waals surface area contributed by atoms with Gasteiger partial charge in [-0.2, -0.15) is 0 Å². The molecular weight excluding hydrogens is 382 g/mol. The van der Waals surface area contributed by atoms with Crippen LogP contribution in [-0.4, -0.2) is 24.2 Å². The van der Waals surface area contributed by atoms with Gasteiger partial charge in [-0.3, -0.25) is 4.79 Å². The third kappa shape index (κ3) is 4.04. The first-order chi connectivity index (χ1) is 13.4. The number of urea groups is 1. The molecule has 2 atom stereocenters. The number of ether oxygens (including phenoxy) is 1. The molecule has 2 aromatic carbocycles. The molecule has 4 N–H and O–H groups in total. The first kappa shape index (κ1) is 19.6. The second-order valence-corrected chi connectivity index (χ2v) is 6.74. The number of aromatic hydroxyl groups is 1. The lowest BCUT2D eigenvalue weighted by Crippen LogP contribution is -2.53. The molecule has 7 nitrogen and oxygen atoms in total. The van der Waals surface area contributed by atoms with Gasteiger partial charge >= 0.3 is 6.03 Å². The number of halogens is 1. The second kappa shape index (κ2) is 8.22. The van der Waals surface area contributed by atoms with Crippen LogP contribution in [-0.2, 0) is 11.3 Å². The SMILES string of the molecule is C=C1NC(=O)NC(c2cc(OC)c(O)cc2Cl)C1C(=O)NCc1ccccc1. The first-order valence-electron chi connectivity index (χ1n) is 8.55. The average molecular weight is 402 g/mol. The Hall–Kier alpha value is -3.19. The summed E-state index contributed by atoms with van der Waals surface area (Å²) in [7, 11) is 1.40. The van der Waals surface area contributed by atoms with E-state index in [1.807, 2.05) is 30.3 Å². The van der Waals surface area contributed by atoms with Crippen LogP contribution in [0.3, 0.4) is 0 Å². The molecule has 0 spiro atoms. The highest BCUT2D eigenvalue weighted by molar-refractivity contribution is 6.31. The average Bonchev–Trinajstić information content (AvgIpc) is 2.66.